The van der Waals surface area contributed by atoms with Gasteiger partial charge in [-0.05, 0) is 25.0 Å². The van der Waals surface area contributed by atoms with Crippen molar-refractivity contribution >= 4 is 21.6 Å². The fourth-order valence-corrected chi connectivity index (χ4v) is 3.87. The Hall–Kier alpha value is -0.620. The van der Waals surface area contributed by atoms with E-state index in [0.29, 0.717) is 19.0 Å². The fourth-order valence-electron chi connectivity index (χ4n) is 1.92. The first-order valence-corrected chi connectivity index (χ1v) is 8.67. The minimum Gasteiger partial charge on any atom is -0.383 e. The molecule has 0 saturated heterocycles. The van der Waals surface area contributed by atoms with E-state index in [4.69, 9.17) is 16.3 Å². The van der Waals surface area contributed by atoms with Crippen LogP contribution in [0.2, 0.25) is 0 Å². The third-order valence-corrected chi connectivity index (χ3v) is 5.30. The Morgan fingerprint density at radius 3 is 2.20 bits per heavy atom. The van der Waals surface area contributed by atoms with Gasteiger partial charge >= 0.3 is 0 Å². The van der Waals surface area contributed by atoms with Gasteiger partial charge in [-0.25, -0.2) is 8.42 Å². The van der Waals surface area contributed by atoms with E-state index in [1.165, 1.54) is 4.31 Å². The lowest BCUT2D eigenvalue weighted by atomic mass is 10.2. The van der Waals surface area contributed by atoms with Gasteiger partial charge in [0.15, 0.2) is 0 Å². The molecule has 0 N–H and O–H groups in total. The number of alkyl halides is 1. The van der Waals surface area contributed by atoms with Gasteiger partial charge in [-0.3, -0.25) is 0 Å². The summed E-state index contributed by atoms with van der Waals surface area (Å²) in [6.45, 7) is 4.49. The van der Waals surface area contributed by atoms with Gasteiger partial charge in [0.05, 0.1) is 12.4 Å². The third-order valence-electron chi connectivity index (χ3n) is 2.98. The zero-order valence-electron chi connectivity index (χ0n) is 12.2. The van der Waals surface area contributed by atoms with Gasteiger partial charge < -0.3 is 4.74 Å². The zero-order chi connectivity index (χ0) is 15.2. The van der Waals surface area contributed by atoms with Gasteiger partial charge in [0.1, 0.15) is 0 Å². The van der Waals surface area contributed by atoms with Crippen LogP contribution in [0.1, 0.15) is 25.0 Å². The highest BCUT2D eigenvalue weighted by atomic mass is 35.5. The van der Waals surface area contributed by atoms with Crippen LogP contribution in [0.25, 0.3) is 0 Å². The molecule has 0 saturated carbocycles. The monoisotopic (exact) mass is 319 g/mol. The molecule has 20 heavy (non-hydrogen) atoms. The van der Waals surface area contributed by atoms with Crippen LogP contribution in [-0.2, 0) is 26.4 Å². The number of hydrogen-bond acceptors (Lipinski definition) is 3. The highest BCUT2D eigenvalue weighted by molar-refractivity contribution is 7.88. The summed E-state index contributed by atoms with van der Waals surface area (Å²) in [4.78, 5) is 0. The quantitative estimate of drug-likeness (QED) is 0.692. The second kappa shape index (κ2) is 7.98. The van der Waals surface area contributed by atoms with Gasteiger partial charge in [0, 0.05) is 25.6 Å². The molecule has 0 atom stereocenters. The van der Waals surface area contributed by atoms with Crippen LogP contribution < -0.4 is 0 Å². The summed E-state index contributed by atoms with van der Waals surface area (Å²) in [5.74, 6) is 0.427. The van der Waals surface area contributed by atoms with Crippen LogP contribution in [0.4, 0.5) is 0 Å². The lowest BCUT2D eigenvalue weighted by molar-refractivity contribution is 0.171. The number of benzene rings is 1. The van der Waals surface area contributed by atoms with E-state index in [0.717, 1.165) is 11.1 Å². The molecular formula is C14H22ClNO3S. The van der Waals surface area contributed by atoms with Crippen molar-refractivity contribution < 1.29 is 13.2 Å². The van der Waals surface area contributed by atoms with Crippen LogP contribution in [0.15, 0.2) is 24.3 Å². The number of ether oxygens (including phenoxy) is 1. The molecule has 0 aliphatic carbocycles. The van der Waals surface area contributed by atoms with E-state index in [9.17, 15) is 8.42 Å². The second-order valence-electron chi connectivity index (χ2n) is 4.90. The maximum Gasteiger partial charge on any atom is 0.218 e. The Kier molecular flexibility index (Phi) is 6.95. The molecule has 1 aromatic rings. The molecule has 0 aromatic heterocycles. The Balaban J connectivity index is 2.84. The SMILES string of the molecule is COCCN(C(C)C)S(=O)(=O)Cc1ccc(CCl)cc1. The highest BCUT2D eigenvalue weighted by Gasteiger charge is 2.24. The summed E-state index contributed by atoms with van der Waals surface area (Å²) in [7, 11) is -1.78. The standard InChI is InChI=1S/C14H22ClNO3S/c1-12(2)16(8-9-19-3)20(17,18)11-14-6-4-13(10-15)5-7-14/h4-7,12H,8-11H2,1-3H3. The maximum atomic E-state index is 12.4. The molecule has 0 unspecified atom stereocenters. The van der Waals surface area contributed by atoms with Crippen molar-refractivity contribution in [2.24, 2.45) is 0 Å². The van der Waals surface area contributed by atoms with E-state index < -0.39 is 10.0 Å². The molecule has 0 heterocycles. The van der Waals surface area contributed by atoms with Gasteiger partial charge in [0.2, 0.25) is 10.0 Å². The number of hydrogen-bond donors (Lipinski definition) is 0. The molecule has 0 spiro atoms. The summed E-state index contributed by atoms with van der Waals surface area (Å²) >= 11 is 5.72. The van der Waals surface area contributed by atoms with Crippen molar-refractivity contribution in [3.05, 3.63) is 35.4 Å². The van der Waals surface area contributed by atoms with Gasteiger partial charge in [-0.2, -0.15) is 4.31 Å². The smallest absolute Gasteiger partial charge is 0.218 e. The van der Waals surface area contributed by atoms with Crippen LogP contribution in [0.5, 0.6) is 0 Å². The third kappa shape index (κ3) is 5.05. The number of nitrogens with zero attached hydrogens (tertiary/aromatic N) is 1. The average Bonchev–Trinajstić information content (AvgIpc) is 2.39. The minimum absolute atomic E-state index is 0.00252. The molecule has 1 aromatic carbocycles. The van der Waals surface area contributed by atoms with Gasteiger partial charge in [0.25, 0.3) is 0 Å². The number of rotatable bonds is 8. The summed E-state index contributed by atoms with van der Waals surface area (Å²) in [6, 6.07) is 7.24. The molecule has 0 aliphatic heterocycles. The first kappa shape index (κ1) is 17.4. The number of methoxy groups -OCH3 is 1. The lowest BCUT2D eigenvalue weighted by Gasteiger charge is -2.25. The Bertz CT molecular complexity index is 500. The number of sulfonamides is 1. The molecule has 4 nitrogen and oxygen atoms in total. The fraction of sp³-hybridized carbons (Fsp3) is 0.571. The molecular weight excluding hydrogens is 298 g/mol. The summed E-state index contributed by atoms with van der Waals surface area (Å²) in [5.41, 5.74) is 1.75. The number of halogens is 1. The predicted octanol–water partition coefficient (Wildman–Crippen LogP) is 2.61. The van der Waals surface area contributed by atoms with E-state index >= 15 is 0 Å². The van der Waals surface area contributed by atoms with Crippen LogP contribution >= 0.6 is 11.6 Å². The van der Waals surface area contributed by atoms with E-state index in [1.807, 2.05) is 38.1 Å². The highest BCUT2D eigenvalue weighted by Crippen LogP contribution is 2.15. The Labute approximate surface area is 126 Å². The first-order chi connectivity index (χ1) is 9.40. The largest absolute Gasteiger partial charge is 0.383 e. The molecule has 114 valence electrons. The van der Waals surface area contributed by atoms with Crippen LogP contribution in [0.3, 0.4) is 0 Å². The summed E-state index contributed by atoms with van der Waals surface area (Å²) in [5, 5.41) is 0. The molecule has 0 bridgehead atoms. The maximum absolute atomic E-state index is 12.4. The van der Waals surface area contributed by atoms with E-state index in [1.54, 1.807) is 7.11 Å². The van der Waals surface area contributed by atoms with Gasteiger partial charge in [-0.1, -0.05) is 24.3 Å². The summed E-state index contributed by atoms with van der Waals surface area (Å²) in [6.07, 6.45) is 0. The van der Waals surface area contributed by atoms with Crippen molar-refractivity contribution in [1.82, 2.24) is 4.31 Å². The summed E-state index contributed by atoms with van der Waals surface area (Å²) < 4.78 is 31.3. The topological polar surface area (TPSA) is 46.6 Å². The molecule has 0 fully saturated rings. The van der Waals surface area contributed by atoms with Crippen molar-refractivity contribution in [2.45, 2.75) is 31.5 Å². The van der Waals surface area contributed by atoms with Gasteiger partial charge in [-0.15, -0.1) is 11.6 Å². The molecule has 0 aliphatic rings. The molecule has 0 radical (unpaired) electrons. The van der Waals surface area contributed by atoms with Crippen LogP contribution in [-0.4, -0.2) is 39.0 Å². The Morgan fingerprint density at radius 2 is 1.75 bits per heavy atom. The molecule has 1 rings (SSSR count). The van der Waals surface area contributed by atoms with Crippen LogP contribution in [0, 0.1) is 0 Å². The van der Waals surface area contributed by atoms with E-state index in [2.05, 4.69) is 0 Å². The second-order valence-corrected chi connectivity index (χ2v) is 7.09. The average molecular weight is 320 g/mol. The minimum atomic E-state index is -3.35. The lowest BCUT2D eigenvalue weighted by Crippen LogP contribution is -2.39. The Morgan fingerprint density at radius 1 is 1.20 bits per heavy atom. The molecule has 0 amide bonds. The normalized spacial score (nSPS) is 12.3. The van der Waals surface area contributed by atoms with E-state index in [-0.39, 0.29) is 11.8 Å². The first-order valence-electron chi connectivity index (χ1n) is 6.53. The van der Waals surface area contributed by atoms with Crippen molar-refractivity contribution in [2.75, 3.05) is 20.3 Å². The molecule has 6 heteroatoms. The predicted molar refractivity (Wildman–Crippen MR) is 82.3 cm³/mol. The van der Waals surface area contributed by atoms with Crippen molar-refractivity contribution in [3.8, 4) is 0 Å². The van der Waals surface area contributed by atoms with Crippen molar-refractivity contribution in [3.63, 3.8) is 0 Å². The van der Waals surface area contributed by atoms with Crippen molar-refractivity contribution in [1.29, 1.82) is 0 Å². The zero-order valence-corrected chi connectivity index (χ0v) is 13.7.